The topological polar surface area (TPSA) is 110 Å². The molecular formula is C18H17F3N6O2. The Morgan fingerprint density at radius 1 is 1.10 bits per heavy atom. The van der Waals surface area contributed by atoms with E-state index in [1.165, 1.54) is 24.3 Å². The number of aromatic amines is 1. The van der Waals surface area contributed by atoms with Crippen LogP contribution < -0.4 is 20.5 Å². The molecule has 0 radical (unpaired) electrons. The molecule has 11 heteroatoms. The van der Waals surface area contributed by atoms with Crippen molar-refractivity contribution in [2.45, 2.75) is 12.9 Å². The lowest BCUT2D eigenvalue weighted by atomic mass is 10.2. The van der Waals surface area contributed by atoms with Gasteiger partial charge in [0.2, 0.25) is 0 Å². The number of methoxy groups -OCH3 is 1. The fraction of sp³-hybridized carbons (Fsp3) is 0.167. The number of hydrogen-bond donors (Lipinski definition) is 3. The van der Waals surface area contributed by atoms with E-state index in [4.69, 9.17) is 10.5 Å². The van der Waals surface area contributed by atoms with Crippen LogP contribution in [-0.2, 0) is 6.54 Å². The van der Waals surface area contributed by atoms with Crippen LogP contribution in [-0.4, -0.2) is 34.6 Å². The van der Waals surface area contributed by atoms with E-state index in [2.05, 4.69) is 30.2 Å². The number of halogens is 3. The molecule has 0 saturated carbocycles. The Labute approximate surface area is 163 Å². The third kappa shape index (κ3) is 5.86. The van der Waals surface area contributed by atoms with Crippen LogP contribution in [0.25, 0.3) is 11.4 Å². The SMILES string of the molecule is COc1ccc(-c2n[nH]c(CN=C(N)Nc3ccc(OC(F)(F)F)cc3)n2)cc1. The maximum absolute atomic E-state index is 12.2. The molecule has 0 spiro atoms. The van der Waals surface area contributed by atoms with Crippen LogP contribution in [0.3, 0.4) is 0 Å². The second-order valence-electron chi connectivity index (χ2n) is 5.73. The Bertz CT molecular complexity index is 969. The summed E-state index contributed by atoms with van der Waals surface area (Å²) in [6.45, 7) is 0.136. The van der Waals surface area contributed by atoms with Crippen molar-refractivity contribution >= 4 is 11.6 Å². The fourth-order valence-corrected chi connectivity index (χ4v) is 2.32. The van der Waals surface area contributed by atoms with E-state index in [1.54, 1.807) is 19.2 Å². The minimum Gasteiger partial charge on any atom is -0.497 e. The van der Waals surface area contributed by atoms with Gasteiger partial charge in [-0.2, -0.15) is 5.10 Å². The number of ether oxygens (including phenoxy) is 2. The predicted molar refractivity (Wildman–Crippen MR) is 100 cm³/mol. The van der Waals surface area contributed by atoms with Crippen LogP contribution >= 0.6 is 0 Å². The average Bonchev–Trinajstić information content (AvgIpc) is 3.16. The molecule has 0 fully saturated rings. The summed E-state index contributed by atoms with van der Waals surface area (Å²) >= 11 is 0. The first-order chi connectivity index (χ1) is 13.8. The second kappa shape index (κ2) is 8.50. The molecule has 0 amide bonds. The zero-order valence-electron chi connectivity index (χ0n) is 15.2. The van der Waals surface area contributed by atoms with Crippen LogP contribution in [0, 0.1) is 0 Å². The molecule has 0 saturated heterocycles. The second-order valence-corrected chi connectivity index (χ2v) is 5.73. The standard InChI is InChI=1S/C18H17F3N6O2/c1-28-13-6-2-11(3-7-13)16-25-15(26-27-16)10-23-17(22)24-12-4-8-14(9-5-12)29-18(19,20)21/h2-9H,10H2,1H3,(H3,22,23,24)(H,25,26,27). The number of rotatable bonds is 6. The Kier molecular flexibility index (Phi) is 5.86. The molecule has 0 atom stereocenters. The number of aliphatic imine (C=N–C) groups is 1. The molecule has 2 aromatic carbocycles. The first-order valence-electron chi connectivity index (χ1n) is 8.31. The maximum atomic E-state index is 12.2. The van der Waals surface area contributed by atoms with Gasteiger partial charge in [0.25, 0.3) is 0 Å². The molecule has 0 bridgehead atoms. The first-order valence-corrected chi connectivity index (χ1v) is 8.31. The molecular weight excluding hydrogens is 389 g/mol. The number of anilines is 1. The van der Waals surface area contributed by atoms with E-state index >= 15 is 0 Å². The number of benzene rings is 2. The fourth-order valence-electron chi connectivity index (χ4n) is 2.32. The summed E-state index contributed by atoms with van der Waals surface area (Å²) in [7, 11) is 1.58. The van der Waals surface area contributed by atoms with Gasteiger partial charge < -0.3 is 20.5 Å². The quantitative estimate of drug-likeness (QED) is 0.428. The molecule has 1 aromatic heterocycles. The summed E-state index contributed by atoms with van der Waals surface area (Å²) in [5, 5.41) is 9.67. The highest BCUT2D eigenvalue weighted by molar-refractivity contribution is 5.92. The van der Waals surface area contributed by atoms with Gasteiger partial charge in [-0.3, -0.25) is 5.10 Å². The third-order valence-corrected chi connectivity index (χ3v) is 3.64. The molecule has 152 valence electrons. The highest BCUT2D eigenvalue weighted by Crippen LogP contribution is 2.24. The van der Waals surface area contributed by atoms with Gasteiger partial charge in [0.05, 0.1) is 7.11 Å². The van der Waals surface area contributed by atoms with Crippen LogP contribution in [0.2, 0.25) is 0 Å². The first kappa shape index (κ1) is 20.0. The lowest BCUT2D eigenvalue weighted by molar-refractivity contribution is -0.274. The monoisotopic (exact) mass is 406 g/mol. The van der Waals surface area contributed by atoms with Crippen molar-refractivity contribution in [3.05, 3.63) is 54.4 Å². The van der Waals surface area contributed by atoms with Gasteiger partial charge in [0.1, 0.15) is 23.9 Å². The van der Waals surface area contributed by atoms with E-state index < -0.39 is 6.36 Å². The number of H-pyrrole nitrogens is 1. The van der Waals surface area contributed by atoms with Crippen molar-refractivity contribution in [1.82, 2.24) is 15.2 Å². The minimum absolute atomic E-state index is 0.0666. The van der Waals surface area contributed by atoms with E-state index in [0.717, 1.165) is 11.3 Å². The van der Waals surface area contributed by atoms with Crippen molar-refractivity contribution in [3.63, 3.8) is 0 Å². The lowest BCUT2D eigenvalue weighted by Crippen LogP contribution is -2.22. The molecule has 0 unspecified atom stereocenters. The molecule has 3 rings (SSSR count). The number of alkyl halides is 3. The predicted octanol–water partition coefficient (Wildman–Crippen LogP) is 3.31. The largest absolute Gasteiger partial charge is 0.573 e. The third-order valence-electron chi connectivity index (χ3n) is 3.64. The van der Waals surface area contributed by atoms with Crippen molar-refractivity contribution in [2.75, 3.05) is 12.4 Å². The number of aromatic nitrogens is 3. The summed E-state index contributed by atoms with van der Waals surface area (Å²) in [5.74, 6) is 1.47. The molecule has 1 heterocycles. The van der Waals surface area contributed by atoms with Crippen molar-refractivity contribution in [3.8, 4) is 22.9 Å². The molecule has 0 aliphatic heterocycles. The number of nitrogens with two attached hydrogens (primary N) is 1. The van der Waals surface area contributed by atoms with Crippen molar-refractivity contribution in [2.24, 2.45) is 10.7 Å². The van der Waals surface area contributed by atoms with Crippen LogP contribution in [0.5, 0.6) is 11.5 Å². The Morgan fingerprint density at radius 3 is 2.38 bits per heavy atom. The van der Waals surface area contributed by atoms with Crippen molar-refractivity contribution in [1.29, 1.82) is 0 Å². The molecule has 0 aliphatic rings. The van der Waals surface area contributed by atoms with E-state index in [0.29, 0.717) is 17.3 Å². The lowest BCUT2D eigenvalue weighted by Gasteiger charge is -2.10. The average molecular weight is 406 g/mol. The smallest absolute Gasteiger partial charge is 0.497 e. The number of nitrogens with zero attached hydrogens (tertiary/aromatic N) is 3. The summed E-state index contributed by atoms with van der Waals surface area (Å²) in [6, 6.07) is 12.4. The van der Waals surface area contributed by atoms with Gasteiger partial charge in [-0.25, -0.2) is 9.98 Å². The Balaban J connectivity index is 1.58. The molecule has 0 aliphatic carbocycles. The zero-order chi connectivity index (χ0) is 20.9. The Morgan fingerprint density at radius 2 is 1.76 bits per heavy atom. The summed E-state index contributed by atoms with van der Waals surface area (Å²) < 4.78 is 45.4. The van der Waals surface area contributed by atoms with Crippen LogP contribution in [0.15, 0.2) is 53.5 Å². The Hall–Kier alpha value is -3.76. The molecule has 4 N–H and O–H groups in total. The minimum atomic E-state index is -4.74. The van der Waals surface area contributed by atoms with E-state index in [1.807, 2.05) is 12.1 Å². The maximum Gasteiger partial charge on any atom is 0.573 e. The zero-order valence-corrected chi connectivity index (χ0v) is 15.2. The van der Waals surface area contributed by atoms with Gasteiger partial charge >= 0.3 is 6.36 Å². The summed E-state index contributed by atoms with van der Waals surface area (Å²) in [5.41, 5.74) is 7.06. The number of guanidine groups is 1. The van der Waals surface area contributed by atoms with Gasteiger partial charge in [-0.15, -0.1) is 13.2 Å². The number of nitrogens with one attached hydrogen (secondary N) is 2. The summed E-state index contributed by atoms with van der Waals surface area (Å²) in [6.07, 6.45) is -4.74. The van der Waals surface area contributed by atoms with Crippen LogP contribution in [0.4, 0.5) is 18.9 Å². The normalized spacial score (nSPS) is 11.9. The van der Waals surface area contributed by atoms with E-state index in [9.17, 15) is 13.2 Å². The van der Waals surface area contributed by atoms with Gasteiger partial charge in [-0.05, 0) is 48.5 Å². The molecule has 29 heavy (non-hydrogen) atoms. The van der Waals surface area contributed by atoms with Crippen LogP contribution in [0.1, 0.15) is 5.82 Å². The highest BCUT2D eigenvalue weighted by atomic mass is 19.4. The molecule has 8 nitrogen and oxygen atoms in total. The summed E-state index contributed by atoms with van der Waals surface area (Å²) in [4.78, 5) is 8.46. The van der Waals surface area contributed by atoms with Gasteiger partial charge in [0, 0.05) is 11.3 Å². The number of hydrogen-bond acceptors (Lipinski definition) is 5. The van der Waals surface area contributed by atoms with Crippen molar-refractivity contribution < 1.29 is 22.6 Å². The van der Waals surface area contributed by atoms with E-state index in [-0.39, 0.29) is 18.3 Å². The highest BCUT2D eigenvalue weighted by Gasteiger charge is 2.30. The van der Waals surface area contributed by atoms with Gasteiger partial charge in [0.15, 0.2) is 11.8 Å². The van der Waals surface area contributed by atoms with Gasteiger partial charge in [-0.1, -0.05) is 0 Å². The molecule has 3 aromatic rings.